The van der Waals surface area contributed by atoms with Gasteiger partial charge in [0, 0.05) is 17.8 Å². The number of amides is 1. The number of nitrogens with two attached hydrogens (primary N) is 1. The van der Waals surface area contributed by atoms with Crippen LogP contribution in [0.15, 0.2) is 36.5 Å². The van der Waals surface area contributed by atoms with Crippen molar-refractivity contribution in [1.82, 2.24) is 9.97 Å². The molecular weight excluding hydrogens is 528 g/mol. The van der Waals surface area contributed by atoms with Crippen molar-refractivity contribution in [3.05, 3.63) is 57.8 Å². The molecule has 4 rings (SSSR count). The van der Waals surface area contributed by atoms with E-state index in [1.54, 1.807) is 24.3 Å². The Balaban J connectivity index is 0.00000420. The van der Waals surface area contributed by atoms with Crippen LogP contribution in [0.5, 0.6) is 17.2 Å². The molecule has 2 aromatic carbocycles. The lowest BCUT2D eigenvalue weighted by molar-refractivity contribution is -0.384. The van der Waals surface area contributed by atoms with Crippen LogP contribution in [-0.2, 0) is 0 Å². The Morgan fingerprint density at radius 2 is 1.72 bits per heavy atom. The summed E-state index contributed by atoms with van der Waals surface area (Å²) in [5.41, 5.74) is 7.37. The lowest BCUT2D eigenvalue weighted by Crippen LogP contribution is -2.17. The predicted molar refractivity (Wildman–Crippen MR) is 149 cm³/mol. The van der Waals surface area contributed by atoms with Gasteiger partial charge in [0.05, 0.1) is 37.5 Å². The molecule has 39 heavy (non-hydrogen) atoms. The highest BCUT2D eigenvalue weighted by molar-refractivity contribution is 6.00. The van der Waals surface area contributed by atoms with Gasteiger partial charge in [-0.1, -0.05) is 31.4 Å². The van der Waals surface area contributed by atoms with Gasteiger partial charge in [-0.25, -0.2) is 4.98 Å². The molecule has 0 unspecified atom stereocenters. The Hall–Kier alpha value is -4.32. The van der Waals surface area contributed by atoms with Gasteiger partial charge in [-0.2, -0.15) is 4.98 Å². The van der Waals surface area contributed by atoms with Crippen LogP contribution in [0.25, 0.3) is 0 Å². The van der Waals surface area contributed by atoms with Crippen molar-refractivity contribution in [3.63, 3.8) is 0 Å². The Bertz CT molecular complexity index is 1320. The molecule has 0 spiro atoms. The minimum absolute atomic E-state index is 0. The average molecular weight is 559 g/mol. The highest BCUT2D eigenvalue weighted by Crippen LogP contribution is 2.42. The van der Waals surface area contributed by atoms with Crippen molar-refractivity contribution in [2.75, 3.05) is 32.0 Å². The van der Waals surface area contributed by atoms with Crippen molar-refractivity contribution < 1.29 is 23.9 Å². The largest absolute Gasteiger partial charge is 0.493 e. The number of aromatic nitrogens is 2. The molecule has 208 valence electrons. The summed E-state index contributed by atoms with van der Waals surface area (Å²) in [5, 5.41) is 17.9. The minimum Gasteiger partial charge on any atom is -0.493 e. The summed E-state index contributed by atoms with van der Waals surface area (Å²) in [4.78, 5) is 32.1. The van der Waals surface area contributed by atoms with Gasteiger partial charge >= 0.3 is 5.69 Å². The van der Waals surface area contributed by atoms with Gasteiger partial charge in [0.1, 0.15) is 6.20 Å². The molecule has 0 atom stereocenters. The maximum Gasteiger partial charge on any atom is 0.329 e. The molecule has 4 N–H and O–H groups in total. The highest BCUT2D eigenvalue weighted by Gasteiger charge is 2.25. The summed E-state index contributed by atoms with van der Waals surface area (Å²) in [5.74, 6) is 0.768. The number of carbonyl (C=O) groups excluding carboxylic acids is 1. The molecule has 1 saturated carbocycles. The van der Waals surface area contributed by atoms with Crippen LogP contribution in [-0.4, -0.2) is 42.1 Å². The second-order valence-corrected chi connectivity index (χ2v) is 8.82. The number of halogens is 1. The SMILES string of the molecule is COc1cc(Nc2ncc([N+](=O)[O-])c(Nc3c(C(N)=O)cccc3C3CCCCC3)n2)cc(OC)c1OC.Cl. The van der Waals surface area contributed by atoms with E-state index in [9.17, 15) is 14.9 Å². The first-order chi connectivity index (χ1) is 18.4. The number of nitrogens with one attached hydrogen (secondary N) is 2. The van der Waals surface area contributed by atoms with Gasteiger partial charge in [-0.05, 0) is 30.4 Å². The third-order valence-corrected chi connectivity index (χ3v) is 6.54. The van der Waals surface area contributed by atoms with Gasteiger partial charge in [-0.15, -0.1) is 12.4 Å². The third kappa shape index (κ3) is 6.40. The quantitative estimate of drug-likeness (QED) is 0.215. The topological polar surface area (TPSA) is 164 Å². The Labute approximate surface area is 231 Å². The minimum atomic E-state index is -0.641. The normalized spacial score (nSPS) is 13.1. The Kier molecular flexibility index (Phi) is 9.72. The summed E-state index contributed by atoms with van der Waals surface area (Å²) in [7, 11) is 4.48. The summed E-state index contributed by atoms with van der Waals surface area (Å²) in [6.45, 7) is 0. The van der Waals surface area contributed by atoms with Crippen molar-refractivity contribution >= 4 is 47.1 Å². The molecule has 1 heterocycles. The van der Waals surface area contributed by atoms with E-state index in [4.69, 9.17) is 19.9 Å². The van der Waals surface area contributed by atoms with E-state index in [-0.39, 0.29) is 41.3 Å². The maximum absolute atomic E-state index is 12.3. The predicted octanol–water partition coefficient (Wildman–Crippen LogP) is 5.47. The number of para-hydroxylation sites is 1. The summed E-state index contributed by atoms with van der Waals surface area (Å²) < 4.78 is 16.1. The van der Waals surface area contributed by atoms with Gasteiger partial charge in [0.25, 0.3) is 5.91 Å². The van der Waals surface area contributed by atoms with Crippen molar-refractivity contribution in [2.24, 2.45) is 5.73 Å². The monoisotopic (exact) mass is 558 g/mol. The molecule has 1 fully saturated rings. The van der Waals surface area contributed by atoms with E-state index in [1.807, 2.05) is 6.07 Å². The third-order valence-electron chi connectivity index (χ3n) is 6.54. The van der Waals surface area contributed by atoms with E-state index < -0.39 is 10.8 Å². The lowest BCUT2D eigenvalue weighted by atomic mass is 9.82. The molecule has 0 radical (unpaired) electrons. The summed E-state index contributed by atoms with van der Waals surface area (Å²) >= 11 is 0. The molecule has 1 amide bonds. The summed E-state index contributed by atoms with van der Waals surface area (Å²) in [6, 6.07) is 8.61. The van der Waals surface area contributed by atoms with E-state index in [1.165, 1.54) is 21.3 Å². The number of methoxy groups -OCH3 is 3. The molecule has 1 aliphatic rings. The molecule has 0 aliphatic heterocycles. The van der Waals surface area contributed by atoms with Crippen molar-refractivity contribution in [1.29, 1.82) is 0 Å². The number of carbonyl (C=O) groups is 1. The van der Waals surface area contributed by atoms with Crippen LogP contribution < -0.4 is 30.6 Å². The van der Waals surface area contributed by atoms with Crippen LogP contribution in [0.2, 0.25) is 0 Å². The number of hydrogen-bond acceptors (Lipinski definition) is 10. The molecule has 12 nitrogen and oxygen atoms in total. The molecule has 13 heteroatoms. The van der Waals surface area contributed by atoms with Crippen molar-refractivity contribution in [2.45, 2.75) is 38.0 Å². The second kappa shape index (κ2) is 13.0. The first-order valence-electron chi connectivity index (χ1n) is 12.1. The van der Waals surface area contributed by atoms with Crippen molar-refractivity contribution in [3.8, 4) is 17.2 Å². The van der Waals surface area contributed by atoms with Crippen LogP contribution in [0, 0.1) is 10.1 Å². The van der Waals surface area contributed by atoms with E-state index in [0.717, 1.165) is 43.9 Å². The first-order valence-corrected chi connectivity index (χ1v) is 12.1. The number of benzene rings is 2. The fourth-order valence-corrected chi connectivity index (χ4v) is 4.73. The van der Waals surface area contributed by atoms with Gasteiger partial charge in [-0.3, -0.25) is 14.9 Å². The van der Waals surface area contributed by atoms with Gasteiger partial charge in [0.2, 0.25) is 17.5 Å². The zero-order valence-electron chi connectivity index (χ0n) is 21.9. The first kappa shape index (κ1) is 29.2. The second-order valence-electron chi connectivity index (χ2n) is 8.82. The Morgan fingerprint density at radius 3 is 2.28 bits per heavy atom. The summed E-state index contributed by atoms with van der Waals surface area (Å²) in [6.07, 6.45) is 6.31. The number of rotatable bonds is 10. The van der Waals surface area contributed by atoms with Gasteiger partial charge < -0.3 is 30.6 Å². The maximum atomic E-state index is 12.3. The number of primary amides is 1. The molecule has 1 aliphatic carbocycles. The molecule has 3 aromatic rings. The zero-order valence-corrected chi connectivity index (χ0v) is 22.7. The number of anilines is 4. The van der Waals surface area contributed by atoms with Gasteiger partial charge in [0.15, 0.2) is 11.5 Å². The van der Waals surface area contributed by atoms with Crippen LogP contribution in [0.4, 0.5) is 28.8 Å². The van der Waals surface area contributed by atoms with E-state index in [2.05, 4.69) is 20.6 Å². The number of hydrogen-bond donors (Lipinski definition) is 3. The highest BCUT2D eigenvalue weighted by atomic mass is 35.5. The van der Waals surface area contributed by atoms with E-state index >= 15 is 0 Å². The molecule has 0 bridgehead atoms. The molecular formula is C26H31ClN6O6. The van der Waals surface area contributed by atoms with Crippen LogP contribution in [0.1, 0.15) is 53.9 Å². The van der Waals surface area contributed by atoms with Crippen LogP contribution in [0.3, 0.4) is 0 Å². The molecule has 0 saturated heterocycles. The smallest absolute Gasteiger partial charge is 0.329 e. The number of ether oxygens (including phenoxy) is 3. The molecule has 1 aromatic heterocycles. The number of nitrogens with zero attached hydrogens (tertiary/aromatic N) is 3. The zero-order chi connectivity index (χ0) is 27.2. The Morgan fingerprint density at radius 1 is 1.05 bits per heavy atom. The fraction of sp³-hybridized carbons (Fsp3) is 0.346. The van der Waals surface area contributed by atoms with E-state index in [0.29, 0.717) is 28.6 Å². The lowest BCUT2D eigenvalue weighted by Gasteiger charge is -2.25. The number of nitro groups is 1. The fourth-order valence-electron chi connectivity index (χ4n) is 4.73. The van der Waals surface area contributed by atoms with Crippen LogP contribution >= 0.6 is 12.4 Å². The average Bonchev–Trinajstić information content (AvgIpc) is 2.92. The standard InChI is InChI=1S/C26H30N6O6.ClH/c1-36-20-12-16(13-21(37-2)23(20)38-3)29-26-28-14-19(32(34)35)25(31-26)30-22-17(15-8-5-4-6-9-15)10-7-11-18(22)24(27)33;/h7,10-15H,4-6,8-9H2,1-3H3,(H2,27,33)(H2,28,29,30,31);1H.